The Balaban J connectivity index is 1.96. The smallest absolute Gasteiger partial charge is 0.270 e. The maximum Gasteiger partial charge on any atom is 0.270 e. The largest absolute Gasteiger partial charge is 0.339 e. The van der Waals surface area contributed by atoms with Gasteiger partial charge in [0.05, 0.1) is 10.6 Å². The molecular weight excluding hydrogens is 372 g/mol. The van der Waals surface area contributed by atoms with Gasteiger partial charge >= 0.3 is 0 Å². The predicted molar refractivity (Wildman–Crippen MR) is 103 cm³/mol. The van der Waals surface area contributed by atoms with Gasteiger partial charge in [-0.25, -0.2) is 4.98 Å². The van der Waals surface area contributed by atoms with Gasteiger partial charge < -0.3 is 4.98 Å². The molecule has 0 saturated heterocycles. The number of H-pyrrole nitrogens is 1. The molecule has 1 N–H and O–H groups in total. The number of nitrogens with zero attached hydrogens (tertiary/aromatic N) is 3. The van der Waals surface area contributed by atoms with Crippen LogP contribution in [0.25, 0.3) is 28.0 Å². The lowest BCUT2D eigenvalue weighted by atomic mass is 10.1. The van der Waals surface area contributed by atoms with Crippen LogP contribution in [0.4, 0.5) is 5.69 Å². The van der Waals surface area contributed by atoms with E-state index in [2.05, 4.69) is 9.97 Å². The van der Waals surface area contributed by atoms with Crippen molar-refractivity contribution < 1.29 is 4.92 Å². The third kappa shape index (κ3) is 2.77. The van der Waals surface area contributed by atoms with E-state index in [1.807, 2.05) is 18.2 Å². The van der Waals surface area contributed by atoms with Crippen LogP contribution in [0.1, 0.15) is 0 Å². The number of nitrogens with one attached hydrogen (secondary N) is 1. The summed E-state index contributed by atoms with van der Waals surface area (Å²) in [6.07, 6.45) is 3.46. The Kier molecular flexibility index (Phi) is 4.02. The topological polar surface area (TPSA) is 76.2 Å². The summed E-state index contributed by atoms with van der Waals surface area (Å²) in [7, 11) is 0. The standard InChI is InChI=1S/C18H11ClN4O2S/c19-15-7-2-1-6-13(15)14-9-20-18(26)22-10-16(21-17(14)22)11-4-3-5-12(8-11)23(24)25/h1-10,21H. The van der Waals surface area contributed by atoms with Gasteiger partial charge in [0.25, 0.3) is 5.69 Å². The first kappa shape index (κ1) is 16.4. The molecule has 0 atom stereocenters. The molecule has 0 spiro atoms. The van der Waals surface area contributed by atoms with Gasteiger partial charge in [-0.1, -0.05) is 41.9 Å². The third-order valence-corrected chi connectivity index (χ3v) is 4.68. The number of aromatic amines is 1. The quantitative estimate of drug-likeness (QED) is 0.297. The zero-order valence-electron chi connectivity index (χ0n) is 13.2. The second kappa shape index (κ2) is 6.36. The van der Waals surface area contributed by atoms with Crippen molar-refractivity contribution in [3.8, 4) is 22.4 Å². The van der Waals surface area contributed by atoms with Gasteiger partial charge in [-0.05, 0) is 18.3 Å². The minimum absolute atomic E-state index is 0.0224. The van der Waals surface area contributed by atoms with Crippen LogP contribution in [0.15, 0.2) is 60.9 Å². The minimum atomic E-state index is -0.422. The average molecular weight is 383 g/mol. The van der Waals surface area contributed by atoms with E-state index < -0.39 is 4.92 Å². The fourth-order valence-electron chi connectivity index (χ4n) is 2.82. The summed E-state index contributed by atoms with van der Waals surface area (Å²) in [5.41, 5.74) is 3.74. The molecule has 26 heavy (non-hydrogen) atoms. The maximum atomic E-state index is 11.0. The highest BCUT2D eigenvalue weighted by Crippen LogP contribution is 2.32. The molecule has 2 heterocycles. The zero-order valence-corrected chi connectivity index (χ0v) is 14.8. The van der Waals surface area contributed by atoms with E-state index >= 15 is 0 Å². The van der Waals surface area contributed by atoms with Crippen LogP contribution >= 0.6 is 23.8 Å². The Labute approximate surface area is 157 Å². The van der Waals surface area contributed by atoms with Crippen molar-refractivity contribution >= 4 is 35.2 Å². The van der Waals surface area contributed by atoms with E-state index in [0.717, 1.165) is 16.8 Å². The van der Waals surface area contributed by atoms with E-state index in [-0.39, 0.29) is 5.69 Å². The summed E-state index contributed by atoms with van der Waals surface area (Å²) in [5, 5.41) is 11.6. The third-order valence-electron chi connectivity index (χ3n) is 4.05. The van der Waals surface area contributed by atoms with E-state index in [9.17, 15) is 10.1 Å². The molecule has 2 aromatic heterocycles. The van der Waals surface area contributed by atoms with Gasteiger partial charge in [-0.2, -0.15) is 0 Å². The zero-order chi connectivity index (χ0) is 18.3. The molecule has 0 fully saturated rings. The monoisotopic (exact) mass is 382 g/mol. The van der Waals surface area contributed by atoms with Crippen molar-refractivity contribution in [2.75, 3.05) is 0 Å². The van der Waals surface area contributed by atoms with E-state index in [1.165, 1.54) is 12.1 Å². The lowest BCUT2D eigenvalue weighted by Gasteiger charge is -2.05. The van der Waals surface area contributed by atoms with Crippen molar-refractivity contribution in [3.05, 3.63) is 80.8 Å². The first-order valence-corrected chi connectivity index (χ1v) is 8.43. The summed E-state index contributed by atoms with van der Waals surface area (Å²) in [6, 6.07) is 13.9. The van der Waals surface area contributed by atoms with Gasteiger partial charge in [0.1, 0.15) is 5.65 Å². The molecule has 6 nitrogen and oxygen atoms in total. The van der Waals surface area contributed by atoms with Crippen LogP contribution in [0, 0.1) is 14.9 Å². The molecule has 0 unspecified atom stereocenters. The average Bonchev–Trinajstić information content (AvgIpc) is 3.09. The summed E-state index contributed by atoms with van der Waals surface area (Å²) in [4.78, 5) is 18.2. The van der Waals surface area contributed by atoms with Crippen molar-refractivity contribution in [1.82, 2.24) is 14.4 Å². The lowest BCUT2D eigenvalue weighted by Crippen LogP contribution is -1.93. The fourth-order valence-corrected chi connectivity index (χ4v) is 3.25. The molecule has 0 aliphatic heterocycles. The predicted octanol–water partition coefficient (Wildman–Crippen LogP) is 5.29. The molecule has 0 aliphatic carbocycles. The molecule has 128 valence electrons. The number of halogens is 1. The van der Waals surface area contributed by atoms with Crippen LogP contribution in [0.5, 0.6) is 0 Å². The molecule has 4 aromatic rings. The fraction of sp³-hybridized carbons (Fsp3) is 0. The van der Waals surface area contributed by atoms with E-state index in [0.29, 0.717) is 21.1 Å². The molecule has 0 bridgehead atoms. The van der Waals surface area contributed by atoms with Gasteiger partial charge in [0.2, 0.25) is 4.77 Å². The number of rotatable bonds is 3. The highest BCUT2D eigenvalue weighted by molar-refractivity contribution is 7.71. The van der Waals surface area contributed by atoms with Crippen LogP contribution in [-0.4, -0.2) is 19.3 Å². The number of non-ortho nitro benzene ring substituents is 1. The van der Waals surface area contributed by atoms with Crippen molar-refractivity contribution in [1.29, 1.82) is 0 Å². The molecule has 2 aromatic carbocycles. The molecule has 8 heteroatoms. The Hall–Kier alpha value is -3.03. The number of hydrogen-bond acceptors (Lipinski definition) is 4. The van der Waals surface area contributed by atoms with E-state index in [1.54, 1.807) is 35.0 Å². The van der Waals surface area contributed by atoms with Crippen LogP contribution in [-0.2, 0) is 0 Å². The van der Waals surface area contributed by atoms with Gasteiger partial charge in [-0.15, -0.1) is 0 Å². The number of benzene rings is 2. The molecule has 0 radical (unpaired) electrons. The van der Waals surface area contributed by atoms with Gasteiger partial charge in [0, 0.05) is 46.2 Å². The summed E-state index contributed by atoms with van der Waals surface area (Å²) in [6.45, 7) is 0. The Morgan fingerprint density at radius 1 is 1.15 bits per heavy atom. The SMILES string of the molecule is O=[N+]([O-])c1cccc(-c2cn3c(=S)ncc(-c4ccccc4Cl)c3[nH]2)c1. The van der Waals surface area contributed by atoms with Crippen LogP contribution < -0.4 is 0 Å². The van der Waals surface area contributed by atoms with Crippen LogP contribution in [0.2, 0.25) is 5.02 Å². The molecule has 0 aliphatic rings. The first-order valence-electron chi connectivity index (χ1n) is 7.65. The number of fused-ring (bicyclic) bond motifs is 1. The second-order valence-electron chi connectivity index (χ2n) is 5.63. The number of nitro benzene ring substituents is 1. The first-order chi connectivity index (χ1) is 12.5. The molecular formula is C18H11ClN4O2S. The minimum Gasteiger partial charge on any atom is -0.339 e. The number of imidazole rings is 1. The second-order valence-corrected chi connectivity index (χ2v) is 6.40. The normalized spacial score (nSPS) is 11.0. The van der Waals surface area contributed by atoms with Crippen molar-refractivity contribution in [3.63, 3.8) is 0 Å². The molecule has 0 amide bonds. The van der Waals surface area contributed by atoms with E-state index in [4.69, 9.17) is 23.8 Å². The van der Waals surface area contributed by atoms with Gasteiger partial charge in [0.15, 0.2) is 0 Å². The lowest BCUT2D eigenvalue weighted by molar-refractivity contribution is -0.384. The Morgan fingerprint density at radius 2 is 1.96 bits per heavy atom. The molecule has 4 rings (SSSR count). The van der Waals surface area contributed by atoms with Crippen molar-refractivity contribution in [2.24, 2.45) is 0 Å². The van der Waals surface area contributed by atoms with Crippen molar-refractivity contribution in [2.45, 2.75) is 0 Å². The Morgan fingerprint density at radius 3 is 2.73 bits per heavy atom. The number of aromatic nitrogens is 3. The summed E-state index contributed by atoms with van der Waals surface area (Å²) >= 11 is 11.6. The summed E-state index contributed by atoms with van der Waals surface area (Å²) < 4.78 is 2.12. The van der Waals surface area contributed by atoms with Crippen LogP contribution in [0.3, 0.4) is 0 Å². The Bertz CT molecular complexity index is 1220. The summed E-state index contributed by atoms with van der Waals surface area (Å²) in [5.74, 6) is 0. The number of nitro groups is 1. The van der Waals surface area contributed by atoms with Gasteiger partial charge in [-0.3, -0.25) is 14.5 Å². The highest BCUT2D eigenvalue weighted by Gasteiger charge is 2.14. The number of hydrogen-bond donors (Lipinski definition) is 1. The highest BCUT2D eigenvalue weighted by atomic mass is 35.5. The molecule has 0 saturated carbocycles. The maximum absolute atomic E-state index is 11.0.